The van der Waals surface area contributed by atoms with E-state index in [4.69, 9.17) is 14.7 Å². The van der Waals surface area contributed by atoms with Crippen molar-refractivity contribution in [2.45, 2.75) is 32.5 Å². The Balaban J connectivity index is 0.00000220. The van der Waals surface area contributed by atoms with Crippen molar-refractivity contribution in [2.75, 3.05) is 26.2 Å². The summed E-state index contributed by atoms with van der Waals surface area (Å²) in [5, 5.41) is 8.99. The lowest BCUT2D eigenvalue weighted by molar-refractivity contribution is -0.0686. The standard InChI is InChI=1S/C16H22N2O2.ClH/c1-13-11-18(12-14(2)20-13)8-5-9-19-16-7-4-3-6-15(16)10-17;/h3-4,6-7,13-14H,5,8-9,11-12H2,1-2H3;1H. The quantitative estimate of drug-likeness (QED) is 0.785. The first-order valence-corrected chi connectivity index (χ1v) is 7.19. The smallest absolute Gasteiger partial charge is 0.137 e. The number of halogens is 1. The molecule has 1 heterocycles. The third-order valence-electron chi connectivity index (χ3n) is 3.38. The molecule has 0 aromatic heterocycles. The summed E-state index contributed by atoms with van der Waals surface area (Å²) in [6.07, 6.45) is 1.57. The second kappa shape index (κ2) is 8.89. The van der Waals surface area contributed by atoms with E-state index in [1.807, 2.05) is 18.2 Å². The summed E-state index contributed by atoms with van der Waals surface area (Å²) >= 11 is 0. The molecule has 1 aliphatic rings. The van der Waals surface area contributed by atoms with Gasteiger partial charge in [-0.3, -0.25) is 4.90 Å². The van der Waals surface area contributed by atoms with Gasteiger partial charge < -0.3 is 9.47 Å². The summed E-state index contributed by atoms with van der Waals surface area (Å²) in [6, 6.07) is 9.51. The van der Waals surface area contributed by atoms with Gasteiger partial charge in [0.25, 0.3) is 0 Å². The number of para-hydroxylation sites is 1. The van der Waals surface area contributed by atoms with Gasteiger partial charge in [-0.25, -0.2) is 0 Å². The number of hydrogen-bond donors (Lipinski definition) is 0. The molecule has 1 aliphatic heterocycles. The molecule has 21 heavy (non-hydrogen) atoms. The predicted octanol–water partition coefficient (Wildman–Crippen LogP) is 2.86. The van der Waals surface area contributed by atoms with Crippen LogP contribution < -0.4 is 4.74 Å². The van der Waals surface area contributed by atoms with Crippen LogP contribution in [0.1, 0.15) is 25.8 Å². The highest BCUT2D eigenvalue weighted by Gasteiger charge is 2.21. The monoisotopic (exact) mass is 310 g/mol. The van der Waals surface area contributed by atoms with Crippen molar-refractivity contribution >= 4 is 12.4 Å². The highest BCUT2D eigenvalue weighted by molar-refractivity contribution is 5.85. The lowest BCUT2D eigenvalue weighted by Crippen LogP contribution is -2.45. The average molecular weight is 311 g/mol. The molecule has 0 spiro atoms. The molecule has 1 fully saturated rings. The van der Waals surface area contributed by atoms with Crippen molar-refractivity contribution in [1.29, 1.82) is 5.26 Å². The van der Waals surface area contributed by atoms with E-state index < -0.39 is 0 Å². The normalized spacial score (nSPS) is 22.1. The second-order valence-corrected chi connectivity index (χ2v) is 5.33. The van der Waals surface area contributed by atoms with E-state index in [2.05, 4.69) is 24.8 Å². The van der Waals surface area contributed by atoms with Crippen LogP contribution >= 0.6 is 12.4 Å². The van der Waals surface area contributed by atoms with Gasteiger partial charge in [0.15, 0.2) is 0 Å². The Morgan fingerprint density at radius 1 is 1.29 bits per heavy atom. The number of morpholine rings is 1. The molecule has 5 heteroatoms. The van der Waals surface area contributed by atoms with Crippen LogP contribution in [-0.2, 0) is 4.74 Å². The molecule has 2 rings (SSSR count). The van der Waals surface area contributed by atoms with Crippen LogP contribution in [0.3, 0.4) is 0 Å². The molecule has 0 amide bonds. The number of ether oxygens (including phenoxy) is 2. The van der Waals surface area contributed by atoms with E-state index >= 15 is 0 Å². The van der Waals surface area contributed by atoms with Crippen LogP contribution in [-0.4, -0.2) is 43.3 Å². The molecular weight excluding hydrogens is 288 g/mol. The number of benzene rings is 1. The number of nitriles is 1. The largest absolute Gasteiger partial charge is 0.492 e. The Bertz CT molecular complexity index is 466. The number of nitrogens with zero attached hydrogens (tertiary/aromatic N) is 2. The lowest BCUT2D eigenvalue weighted by Gasteiger charge is -2.35. The van der Waals surface area contributed by atoms with Crippen LogP contribution in [0.25, 0.3) is 0 Å². The van der Waals surface area contributed by atoms with Crippen molar-refractivity contribution in [3.63, 3.8) is 0 Å². The third kappa shape index (κ3) is 5.55. The Hall–Kier alpha value is -1.28. The highest BCUT2D eigenvalue weighted by Crippen LogP contribution is 2.17. The first kappa shape index (κ1) is 17.8. The van der Waals surface area contributed by atoms with Crippen LogP contribution in [0.5, 0.6) is 5.75 Å². The maximum absolute atomic E-state index is 8.99. The lowest BCUT2D eigenvalue weighted by atomic mass is 10.2. The highest BCUT2D eigenvalue weighted by atomic mass is 35.5. The van der Waals surface area contributed by atoms with E-state index in [0.717, 1.165) is 26.1 Å². The molecular formula is C16H23ClN2O2. The summed E-state index contributed by atoms with van der Waals surface area (Å²) in [5.41, 5.74) is 0.598. The molecule has 0 bridgehead atoms. The van der Waals surface area contributed by atoms with Gasteiger partial charge in [-0.15, -0.1) is 12.4 Å². The Labute approximate surface area is 133 Å². The first-order chi connectivity index (χ1) is 9.69. The zero-order valence-corrected chi connectivity index (χ0v) is 13.4. The molecule has 0 saturated carbocycles. The maximum Gasteiger partial charge on any atom is 0.137 e. The summed E-state index contributed by atoms with van der Waals surface area (Å²) in [6.45, 7) is 7.84. The molecule has 0 N–H and O–H groups in total. The van der Waals surface area contributed by atoms with Crippen LogP contribution in [0.4, 0.5) is 0 Å². The van der Waals surface area contributed by atoms with Gasteiger partial charge in [0.2, 0.25) is 0 Å². The summed E-state index contributed by atoms with van der Waals surface area (Å²) in [5.74, 6) is 0.679. The van der Waals surface area contributed by atoms with Crippen molar-refractivity contribution in [2.24, 2.45) is 0 Å². The second-order valence-electron chi connectivity index (χ2n) is 5.33. The molecule has 116 valence electrons. The summed E-state index contributed by atoms with van der Waals surface area (Å²) in [7, 11) is 0. The van der Waals surface area contributed by atoms with Crippen LogP contribution in [0.2, 0.25) is 0 Å². The van der Waals surface area contributed by atoms with Gasteiger partial charge in [-0.05, 0) is 32.4 Å². The first-order valence-electron chi connectivity index (χ1n) is 7.19. The molecule has 0 radical (unpaired) electrons. The number of rotatable bonds is 5. The zero-order valence-electron chi connectivity index (χ0n) is 12.6. The summed E-state index contributed by atoms with van der Waals surface area (Å²) < 4.78 is 11.4. The number of hydrogen-bond acceptors (Lipinski definition) is 4. The topological polar surface area (TPSA) is 45.5 Å². The van der Waals surface area contributed by atoms with Gasteiger partial charge >= 0.3 is 0 Å². The van der Waals surface area contributed by atoms with E-state index in [9.17, 15) is 0 Å². The maximum atomic E-state index is 8.99. The minimum Gasteiger partial charge on any atom is -0.492 e. The van der Waals surface area contributed by atoms with Crippen molar-refractivity contribution in [3.8, 4) is 11.8 Å². The van der Waals surface area contributed by atoms with E-state index in [0.29, 0.717) is 30.1 Å². The molecule has 4 nitrogen and oxygen atoms in total. The predicted molar refractivity (Wildman–Crippen MR) is 85.0 cm³/mol. The fourth-order valence-corrected chi connectivity index (χ4v) is 2.62. The summed E-state index contributed by atoms with van der Waals surface area (Å²) in [4.78, 5) is 2.42. The van der Waals surface area contributed by atoms with Gasteiger partial charge in [-0.2, -0.15) is 5.26 Å². The van der Waals surface area contributed by atoms with Gasteiger partial charge in [0, 0.05) is 19.6 Å². The minimum atomic E-state index is 0. The fraction of sp³-hybridized carbons (Fsp3) is 0.562. The van der Waals surface area contributed by atoms with Gasteiger partial charge in [0.05, 0.1) is 24.4 Å². The Morgan fingerprint density at radius 2 is 1.95 bits per heavy atom. The minimum absolute atomic E-state index is 0. The SMILES string of the molecule is CC1CN(CCCOc2ccccc2C#N)CC(C)O1.Cl. The van der Waals surface area contributed by atoms with Crippen LogP contribution in [0, 0.1) is 11.3 Å². The van der Waals surface area contributed by atoms with Crippen molar-refractivity contribution in [3.05, 3.63) is 29.8 Å². The molecule has 1 aromatic carbocycles. The fourth-order valence-electron chi connectivity index (χ4n) is 2.62. The zero-order chi connectivity index (χ0) is 14.4. The Morgan fingerprint density at radius 3 is 2.62 bits per heavy atom. The molecule has 1 saturated heterocycles. The third-order valence-corrected chi connectivity index (χ3v) is 3.38. The van der Waals surface area contributed by atoms with Gasteiger partial charge in [-0.1, -0.05) is 12.1 Å². The average Bonchev–Trinajstić information content (AvgIpc) is 2.43. The van der Waals surface area contributed by atoms with Crippen LogP contribution in [0.15, 0.2) is 24.3 Å². The van der Waals surface area contributed by atoms with Crippen molar-refractivity contribution in [1.82, 2.24) is 4.90 Å². The molecule has 2 unspecified atom stereocenters. The Kier molecular flexibility index (Phi) is 7.52. The van der Waals surface area contributed by atoms with Gasteiger partial charge in [0.1, 0.15) is 11.8 Å². The van der Waals surface area contributed by atoms with E-state index in [1.165, 1.54) is 0 Å². The molecule has 1 aromatic rings. The van der Waals surface area contributed by atoms with E-state index in [-0.39, 0.29) is 12.4 Å². The van der Waals surface area contributed by atoms with E-state index in [1.54, 1.807) is 6.07 Å². The van der Waals surface area contributed by atoms with Crippen molar-refractivity contribution < 1.29 is 9.47 Å². The molecule has 0 aliphatic carbocycles. The molecule has 2 atom stereocenters.